The lowest BCUT2D eigenvalue weighted by Crippen LogP contribution is -2.07. The van der Waals surface area contributed by atoms with E-state index in [9.17, 15) is 17.6 Å². The molecule has 0 aliphatic rings. The molecule has 0 bridgehead atoms. The Morgan fingerprint density at radius 2 is 1.78 bits per heavy atom. The fraction of sp³-hybridized carbons (Fsp3) is 0.100. The van der Waals surface area contributed by atoms with Gasteiger partial charge in [-0.3, -0.25) is 0 Å². The van der Waals surface area contributed by atoms with E-state index in [1.54, 1.807) is 0 Å². The number of aromatic nitrogens is 1. The molecule has 0 saturated carbocycles. The largest absolute Gasteiger partial charge is 0.374 e. The average Bonchev–Trinajstić information content (AvgIpc) is 2.73. The van der Waals surface area contributed by atoms with Crippen LogP contribution in [0.15, 0.2) is 12.3 Å². The van der Waals surface area contributed by atoms with Crippen LogP contribution in [-0.2, 0) is 6.54 Å². The highest BCUT2D eigenvalue weighted by Gasteiger charge is 2.19. The second-order valence-corrected chi connectivity index (χ2v) is 5.00. The van der Waals surface area contributed by atoms with Crippen molar-refractivity contribution in [2.45, 2.75) is 6.54 Å². The van der Waals surface area contributed by atoms with Crippen LogP contribution in [0.3, 0.4) is 0 Å². The van der Waals surface area contributed by atoms with Gasteiger partial charge in [-0.2, -0.15) is 0 Å². The van der Waals surface area contributed by atoms with Gasteiger partial charge in [0.05, 0.1) is 12.7 Å². The molecule has 2 rings (SSSR count). The Hall–Kier alpha value is -1.34. The molecule has 8 heteroatoms. The highest BCUT2D eigenvalue weighted by atomic mass is 35.5. The quantitative estimate of drug-likeness (QED) is 0.685. The van der Waals surface area contributed by atoms with Crippen molar-refractivity contribution in [2.24, 2.45) is 0 Å². The minimum Gasteiger partial charge on any atom is -0.374 e. The molecule has 96 valence electrons. The lowest BCUT2D eigenvalue weighted by molar-refractivity contribution is 0.458. The number of rotatable bonds is 3. The van der Waals surface area contributed by atoms with Crippen molar-refractivity contribution in [2.75, 3.05) is 5.32 Å². The zero-order valence-electron chi connectivity index (χ0n) is 8.61. The predicted molar refractivity (Wildman–Crippen MR) is 60.7 cm³/mol. The molecule has 2 aromatic rings. The molecule has 0 spiro atoms. The van der Waals surface area contributed by atoms with Gasteiger partial charge in [0.1, 0.15) is 15.0 Å². The van der Waals surface area contributed by atoms with Gasteiger partial charge >= 0.3 is 0 Å². The van der Waals surface area contributed by atoms with Crippen LogP contribution in [0.5, 0.6) is 0 Å². The smallest absolute Gasteiger partial charge is 0.185 e. The summed E-state index contributed by atoms with van der Waals surface area (Å²) >= 11 is 6.70. The summed E-state index contributed by atoms with van der Waals surface area (Å²) in [5.74, 6) is -5.88. The summed E-state index contributed by atoms with van der Waals surface area (Å²) in [4.78, 5) is 3.83. The number of hydrogen-bond donors (Lipinski definition) is 1. The first-order chi connectivity index (χ1) is 8.49. The molecule has 0 radical (unpaired) electrons. The van der Waals surface area contributed by atoms with Gasteiger partial charge in [0.15, 0.2) is 23.3 Å². The fourth-order valence-corrected chi connectivity index (χ4v) is 2.16. The second kappa shape index (κ2) is 5.11. The van der Waals surface area contributed by atoms with E-state index in [-0.39, 0.29) is 12.6 Å². The van der Waals surface area contributed by atoms with E-state index in [1.807, 2.05) is 0 Å². The average molecular weight is 297 g/mol. The Kier molecular flexibility index (Phi) is 3.72. The van der Waals surface area contributed by atoms with Crippen molar-refractivity contribution in [1.29, 1.82) is 0 Å². The number of hydrogen-bond acceptors (Lipinski definition) is 3. The summed E-state index contributed by atoms with van der Waals surface area (Å²) in [6, 6.07) is 0.149. The van der Waals surface area contributed by atoms with Crippen molar-refractivity contribution in [3.05, 3.63) is 44.9 Å². The first-order valence-electron chi connectivity index (χ1n) is 4.66. The number of nitrogens with zero attached hydrogens (tertiary/aromatic N) is 1. The van der Waals surface area contributed by atoms with Gasteiger partial charge in [0.25, 0.3) is 0 Å². The van der Waals surface area contributed by atoms with Crippen molar-refractivity contribution >= 4 is 28.6 Å². The predicted octanol–water partition coefficient (Wildman–Crippen LogP) is 3.97. The molecule has 1 aromatic carbocycles. The van der Waals surface area contributed by atoms with Crippen LogP contribution in [0.25, 0.3) is 0 Å². The molecular formula is C10H5ClF4N2S. The molecule has 1 N–H and O–H groups in total. The summed E-state index contributed by atoms with van der Waals surface area (Å²) in [6.45, 7) is -0.0892. The van der Waals surface area contributed by atoms with Gasteiger partial charge < -0.3 is 5.32 Å². The molecule has 0 aliphatic heterocycles. The van der Waals surface area contributed by atoms with Crippen LogP contribution < -0.4 is 5.32 Å². The minimum atomic E-state index is -1.48. The maximum atomic E-state index is 13.3. The SMILES string of the molecule is Fc1cc(F)c(F)c(NCc2ncc(Cl)s2)c1F. The molecule has 0 amide bonds. The molecule has 0 saturated heterocycles. The maximum Gasteiger partial charge on any atom is 0.185 e. The van der Waals surface area contributed by atoms with Gasteiger partial charge in [-0.15, -0.1) is 11.3 Å². The third-order valence-electron chi connectivity index (χ3n) is 2.05. The molecule has 1 aromatic heterocycles. The van der Waals surface area contributed by atoms with E-state index in [1.165, 1.54) is 6.20 Å². The van der Waals surface area contributed by atoms with E-state index in [4.69, 9.17) is 11.6 Å². The topological polar surface area (TPSA) is 24.9 Å². The fourth-order valence-electron chi connectivity index (χ4n) is 1.26. The Morgan fingerprint density at radius 1 is 1.17 bits per heavy atom. The summed E-state index contributed by atoms with van der Waals surface area (Å²) in [6.07, 6.45) is 1.36. The number of halogens is 5. The number of anilines is 1. The van der Waals surface area contributed by atoms with Crippen molar-refractivity contribution in [3.63, 3.8) is 0 Å². The van der Waals surface area contributed by atoms with Crippen molar-refractivity contribution in [1.82, 2.24) is 4.98 Å². The molecular weight excluding hydrogens is 292 g/mol. The van der Waals surface area contributed by atoms with Gasteiger partial charge in [0, 0.05) is 6.07 Å². The Balaban J connectivity index is 2.24. The summed E-state index contributed by atoms with van der Waals surface area (Å²) in [7, 11) is 0. The minimum absolute atomic E-state index is 0.0892. The van der Waals surface area contributed by atoms with Crippen molar-refractivity contribution < 1.29 is 17.6 Å². The summed E-state index contributed by atoms with van der Waals surface area (Å²) in [5, 5.41) is 2.69. The molecule has 0 unspecified atom stereocenters. The zero-order chi connectivity index (χ0) is 13.3. The number of benzene rings is 1. The molecule has 0 aliphatic carbocycles. The summed E-state index contributed by atoms with van der Waals surface area (Å²) < 4.78 is 52.7. The molecule has 0 atom stereocenters. The van der Waals surface area contributed by atoms with Crippen LogP contribution in [0.4, 0.5) is 23.2 Å². The molecule has 18 heavy (non-hydrogen) atoms. The van der Waals surface area contributed by atoms with E-state index < -0.39 is 29.0 Å². The van der Waals surface area contributed by atoms with Gasteiger partial charge in [-0.1, -0.05) is 11.6 Å². The lowest BCUT2D eigenvalue weighted by atomic mass is 10.2. The van der Waals surface area contributed by atoms with E-state index in [0.29, 0.717) is 9.34 Å². The Morgan fingerprint density at radius 3 is 2.28 bits per heavy atom. The number of thiazole rings is 1. The van der Waals surface area contributed by atoms with E-state index >= 15 is 0 Å². The standard InChI is InChI=1S/C10H5ClF4N2S/c11-6-2-16-7(18-6)3-17-10-8(14)4(12)1-5(13)9(10)15/h1-2,17H,3H2. The zero-order valence-corrected chi connectivity index (χ0v) is 10.2. The van der Waals surface area contributed by atoms with Crippen LogP contribution in [0.1, 0.15) is 5.01 Å². The van der Waals surface area contributed by atoms with Crippen LogP contribution in [-0.4, -0.2) is 4.98 Å². The van der Waals surface area contributed by atoms with Gasteiger partial charge in [-0.25, -0.2) is 22.5 Å². The summed E-state index contributed by atoms with van der Waals surface area (Å²) in [5.41, 5.74) is -0.862. The van der Waals surface area contributed by atoms with Gasteiger partial charge in [-0.05, 0) is 0 Å². The normalized spacial score (nSPS) is 10.7. The van der Waals surface area contributed by atoms with Crippen LogP contribution in [0.2, 0.25) is 4.34 Å². The molecule has 2 nitrogen and oxygen atoms in total. The monoisotopic (exact) mass is 296 g/mol. The highest BCUT2D eigenvalue weighted by Crippen LogP contribution is 2.25. The van der Waals surface area contributed by atoms with Crippen molar-refractivity contribution in [3.8, 4) is 0 Å². The van der Waals surface area contributed by atoms with E-state index in [0.717, 1.165) is 11.3 Å². The number of nitrogens with one attached hydrogen (secondary N) is 1. The lowest BCUT2D eigenvalue weighted by Gasteiger charge is -2.08. The Bertz CT molecular complexity index is 561. The highest BCUT2D eigenvalue weighted by molar-refractivity contribution is 7.15. The third-order valence-corrected chi connectivity index (χ3v) is 3.17. The second-order valence-electron chi connectivity index (χ2n) is 3.25. The maximum absolute atomic E-state index is 13.3. The van der Waals surface area contributed by atoms with Gasteiger partial charge in [0.2, 0.25) is 0 Å². The first kappa shape index (κ1) is 13.1. The molecule has 1 heterocycles. The van der Waals surface area contributed by atoms with Crippen LogP contribution in [0, 0.1) is 23.3 Å². The molecule has 0 fully saturated rings. The van der Waals surface area contributed by atoms with E-state index in [2.05, 4.69) is 10.3 Å². The van der Waals surface area contributed by atoms with Crippen LogP contribution >= 0.6 is 22.9 Å². The third kappa shape index (κ3) is 2.56. The first-order valence-corrected chi connectivity index (χ1v) is 5.85. The Labute approximate surface area is 108 Å².